The fourth-order valence-corrected chi connectivity index (χ4v) is 3.83. The van der Waals surface area contributed by atoms with E-state index in [1.54, 1.807) is 0 Å². The topological polar surface area (TPSA) is 92.7 Å². The molecule has 0 heterocycles. The Labute approximate surface area is 176 Å². The first kappa shape index (κ1) is 25.6. The van der Waals surface area contributed by atoms with Gasteiger partial charge in [-0.15, -0.1) is 0 Å². The molecule has 1 rings (SSSR count). The van der Waals surface area contributed by atoms with E-state index in [0.717, 1.165) is 38.5 Å². The molecule has 166 valence electrons. The van der Waals surface area contributed by atoms with Crippen LogP contribution in [-0.4, -0.2) is 32.0 Å². The third-order valence-electron chi connectivity index (χ3n) is 5.35. The average Bonchev–Trinajstić information content (AvgIpc) is 2.64. The lowest BCUT2D eigenvalue weighted by Crippen LogP contribution is -2.35. The lowest BCUT2D eigenvalue weighted by atomic mass is 9.78. The highest BCUT2D eigenvalue weighted by molar-refractivity contribution is 7.80. The van der Waals surface area contributed by atoms with Gasteiger partial charge in [0.15, 0.2) is 0 Å². The molecule has 2 N–H and O–H groups in total. The molecule has 1 atom stereocenters. The van der Waals surface area contributed by atoms with Crippen LogP contribution in [0.2, 0.25) is 0 Å². The number of carbonyl (C=O) groups excluding carboxylic acids is 1. The van der Waals surface area contributed by atoms with Crippen molar-refractivity contribution >= 4 is 16.3 Å². The molecule has 0 aromatic carbocycles. The molecule has 0 bridgehead atoms. The van der Waals surface area contributed by atoms with Crippen LogP contribution in [0.3, 0.4) is 0 Å². The van der Waals surface area contributed by atoms with Crippen LogP contribution in [0.1, 0.15) is 66.2 Å². The molecule has 1 saturated carbocycles. The molecular formula is C22H37NO5S. The van der Waals surface area contributed by atoms with Gasteiger partial charge in [-0.25, -0.2) is 4.18 Å². The molecule has 6 nitrogen and oxygen atoms in total. The number of rotatable bonds is 11. The number of carbonyl (C=O) groups is 1. The van der Waals surface area contributed by atoms with E-state index in [1.807, 2.05) is 0 Å². The SMILES string of the molecule is CC(C)=CCCC(C)/C=C/C=C(\C)C1CCC(C(=O)NCCOS(=O)(=O)O)CC1. The summed E-state index contributed by atoms with van der Waals surface area (Å²) in [5.74, 6) is 0.941. The first-order valence-corrected chi connectivity index (χ1v) is 11.8. The molecule has 1 amide bonds. The fraction of sp³-hybridized carbons (Fsp3) is 0.682. The fourth-order valence-electron chi connectivity index (χ4n) is 3.54. The molecule has 0 aromatic heterocycles. The predicted molar refractivity (Wildman–Crippen MR) is 117 cm³/mol. The minimum absolute atomic E-state index is 0.0459. The Morgan fingerprint density at radius 2 is 1.79 bits per heavy atom. The summed E-state index contributed by atoms with van der Waals surface area (Å²) in [7, 11) is -4.45. The van der Waals surface area contributed by atoms with Gasteiger partial charge in [-0.3, -0.25) is 9.35 Å². The van der Waals surface area contributed by atoms with Crippen LogP contribution in [0.15, 0.2) is 35.5 Å². The van der Waals surface area contributed by atoms with Crippen LogP contribution in [-0.2, 0) is 19.4 Å². The standard InChI is InChI=1S/C22H37NO5S/c1-17(2)7-5-8-18(3)9-6-10-19(4)20-11-13-21(14-12-20)22(24)23-15-16-28-29(25,26)27/h6-7,9-10,18,20-21H,5,8,11-16H2,1-4H3,(H,23,24)(H,25,26,27)/b9-6+,19-10+. The normalized spacial score (nSPS) is 21.8. The van der Waals surface area contributed by atoms with Crippen molar-refractivity contribution in [1.82, 2.24) is 5.32 Å². The van der Waals surface area contributed by atoms with E-state index in [0.29, 0.717) is 11.8 Å². The van der Waals surface area contributed by atoms with Crippen LogP contribution in [0.5, 0.6) is 0 Å². The van der Waals surface area contributed by atoms with Gasteiger partial charge in [-0.1, -0.05) is 42.4 Å². The first-order chi connectivity index (χ1) is 13.6. The van der Waals surface area contributed by atoms with Crippen molar-refractivity contribution in [3.8, 4) is 0 Å². The Balaban J connectivity index is 2.33. The minimum atomic E-state index is -4.45. The van der Waals surface area contributed by atoms with Crippen molar-refractivity contribution in [2.45, 2.75) is 66.2 Å². The number of amides is 1. The van der Waals surface area contributed by atoms with Crippen molar-refractivity contribution in [2.24, 2.45) is 17.8 Å². The summed E-state index contributed by atoms with van der Waals surface area (Å²) in [6, 6.07) is 0. The average molecular weight is 428 g/mol. The molecule has 0 saturated heterocycles. The zero-order valence-corrected chi connectivity index (χ0v) is 19.0. The predicted octanol–water partition coefficient (Wildman–Crippen LogP) is 4.61. The third-order valence-corrected chi connectivity index (χ3v) is 5.81. The molecule has 1 unspecified atom stereocenters. The Bertz CT molecular complexity index is 697. The molecule has 0 aliphatic heterocycles. The van der Waals surface area contributed by atoms with E-state index >= 15 is 0 Å². The molecule has 1 aliphatic rings. The summed E-state index contributed by atoms with van der Waals surface area (Å²) >= 11 is 0. The lowest BCUT2D eigenvalue weighted by Gasteiger charge is -2.28. The number of hydrogen-bond donors (Lipinski definition) is 2. The van der Waals surface area contributed by atoms with Gasteiger partial charge in [0.2, 0.25) is 5.91 Å². The van der Waals surface area contributed by atoms with Crippen LogP contribution in [0.25, 0.3) is 0 Å². The van der Waals surface area contributed by atoms with E-state index in [-0.39, 0.29) is 25.0 Å². The molecule has 0 aromatic rings. The Kier molecular flexibility index (Phi) is 11.5. The van der Waals surface area contributed by atoms with E-state index in [2.05, 4.69) is 61.5 Å². The Morgan fingerprint density at radius 1 is 1.17 bits per heavy atom. The third kappa shape index (κ3) is 12.0. The molecule has 0 spiro atoms. The Hall–Kier alpha value is -1.44. The van der Waals surface area contributed by atoms with E-state index in [1.165, 1.54) is 11.1 Å². The second-order valence-electron chi connectivity index (χ2n) is 8.22. The summed E-state index contributed by atoms with van der Waals surface area (Å²) in [6.45, 7) is 8.46. The van der Waals surface area contributed by atoms with Crippen LogP contribution in [0, 0.1) is 17.8 Å². The molecule has 0 radical (unpaired) electrons. The van der Waals surface area contributed by atoms with E-state index in [4.69, 9.17) is 4.55 Å². The van der Waals surface area contributed by atoms with Crippen LogP contribution < -0.4 is 5.32 Å². The summed E-state index contributed by atoms with van der Waals surface area (Å²) in [4.78, 5) is 12.2. The molecule has 1 fully saturated rings. The maximum absolute atomic E-state index is 12.2. The van der Waals surface area contributed by atoms with Gasteiger partial charge >= 0.3 is 10.4 Å². The number of allylic oxidation sites excluding steroid dienone is 6. The van der Waals surface area contributed by atoms with Crippen molar-refractivity contribution in [1.29, 1.82) is 0 Å². The van der Waals surface area contributed by atoms with Crippen molar-refractivity contribution in [3.05, 3.63) is 35.5 Å². The Morgan fingerprint density at radius 3 is 2.38 bits per heavy atom. The van der Waals surface area contributed by atoms with Crippen LogP contribution >= 0.6 is 0 Å². The summed E-state index contributed by atoms with van der Waals surface area (Å²) in [5, 5.41) is 2.67. The van der Waals surface area contributed by atoms with Crippen molar-refractivity contribution in [3.63, 3.8) is 0 Å². The largest absolute Gasteiger partial charge is 0.397 e. The summed E-state index contributed by atoms with van der Waals surface area (Å²) in [6.07, 6.45) is 14.8. The zero-order chi connectivity index (χ0) is 21.9. The highest BCUT2D eigenvalue weighted by atomic mass is 32.3. The second kappa shape index (κ2) is 13.0. The van der Waals surface area contributed by atoms with Crippen molar-refractivity contribution in [2.75, 3.05) is 13.2 Å². The lowest BCUT2D eigenvalue weighted by molar-refractivity contribution is -0.126. The maximum Gasteiger partial charge on any atom is 0.397 e. The molecular weight excluding hydrogens is 390 g/mol. The van der Waals surface area contributed by atoms with Gasteiger partial charge in [0, 0.05) is 12.5 Å². The van der Waals surface area contributed by atoms with E-state index in [9.17, 15) is 13.2 Å². The monoisotopic (exact) mass is 427 g/mol. The first-order valence-electron chi connectivity index (χ1n) is 10.5. The van der Waals surface area contributed by atoms with Gasteiger partial charge in [-0.05, 0) is 71.1 Å². The van der Waals surface area contributed by atoms with Crippen molar-refractivity contribution < 1.29 is 21.9 Å². The van der Waals surface area contributed by atoms with Gasteiger partial charge < -0.3 is 5.32 Å². The molecule has 1 aliphatic carbocycles. The van der Waals surface area contributed by atoms with Gasteiger partial charge in [0.1, 0.15) is 0 Å². The minimum Gasteiger partial charge on any atom is -0.353 e. The molecule has 7 heteroatoms. The quantitative estimate of drug-likeness (QED) is 0.217. The van der Waals surface area contributed by atoms with Gasteiger partial charge in [0.05, 0.1) is 6.61 Å². The smallest absolute Gasteiger partial charge is 0.353 e. The highest BCUT2D eigenvalue weighted by Crippen LogP contribution is 2.33. The second-order valence-corrected chi connectivity index (χ2v) is 9.31. The highest BCUT2D eigenvalue weighted by Gasteiger charge is 2.26. The zero-order valence-electron chi connectivity index (χ0n) is 18.2. The van der Waals surface area contributed by atoms with Gasteiger partial charge in [-0.2, -0.15) is 8.42 Å². The van der Waals surface area contributed by atoms with E-state index < -0.39 is 10.4 Å². The molecule has 29 heavy (non-hydrogen) atoms. The number of nitrogens with one attached hydrogen (secondary N) is 1. The summed E-state index contributed by atoms with van der Waals surface area (Å²) < 4.78 is 33.6. The maximum atomic E-state index is 12.2. The summed E-state index contributed by atoms with van der Waals surface area (Å²) in [5.41, 5.74) is 2.73. The van der Waals surface area contributed by atoms with Gasteiger partial charge in [0.25, 0.3) is 0 Å². The van der Waals surface area contributed by atoms with Crippen LogP contribution in [0.4, 0.5) is 0 Å². The number of hydrogen-bond acceptors (Lipinski definition) is 4.